The first-order valence-corrected chi connectivity index (χ1v) is 6.44. The maximum atomic E-state index is 11.1. The molecule has 0 N–H and O–H groups in total. The average molecular weight is 240 g/mol. The first-order chi connectivity index (χ1) is 7.39. The smallest absolute Gasteiger partial charge is 0.336 e. The highest BCUT2D eigenvalue weighted by Gasteiger charge is 2.02. The lowest BCUT2D eigenvalue weighted by Gasteiger charge is -1.93. The first-order valence-electron chi connectivity index (χ1n) is 4.55. The molecule has 0 bridgehead atoms. The van der Waals surface area contributed by atoms with E-state index in [1.807, 2.05) is 0 Å². The third-order valence-corrected chi connectivity index (χ3v) is 3.19. The Balaban J connectivity index is 2.88. The van der Waals surface area contributed by atoms with E-state index in [0.717, 1.165) is 6.26 Å². The molecule has 16 heavy (non-hydrogen) atoms. The maximum absolute atomic E-state index is 11.1. The van der Waals surface area contributed by atoms with Gasteiger partial charge in [-0.2, -0.15) is 0 Å². The van der Waals surface area contributed by atoms with Gasteiger partial charge in [0.05, 0.1) is 0 Å². The Morgan fingerprint density at radius 1 is 1.38 bits per heavy atom. The lowest BCUT2D eigenvalue weighted by atomic mass is 10.3. The van der Waals surface area contributed by atoms with Crippen LogP contribution in [0.3, 0.4) is 0 Å². The van der Waals surface area contributed by atoms with Gasteiger partial charge in [-0.25, -0.2) is 13.2 Å². The standard InChI is InChI=1S/C11H12O4S/c1-9(16(2,13)14)5-3-6-10-7-4-8-11(12)15-10/h3-8H,1-2H3/b6-3-,9-5+. The van der Waals surface area contributed by atoms with Crippen molar-refractivity contribution in [1.82, 2.24) is 0 Å². The predicted molar refractivity (Wildman–Crippen MR) is 62.6 cm³/mol. The molecule has 0 spiro atoms. The zero-order valence-corrected chi connectivity index (χ0v) is 9.82. The van der Waals surface area contributed by atoms with Crippen LogP contribution in [0, 0.1) is 0 Å². The molecule has 0 saturated heterocycles. The van der Waals surface area contributed by atoms with E-state index in [2.05, 4.69) is 0 Å². The highest BCUT2D eigenvalue weighted by molar-refractivity contribution is 7.94. The van der Waals surface area contributed by atoms with Crippen molar-refractivity contribution in [3.05, 3.63) is 51.4 Å². The predicted octanol–water partition coefficient (Wildman–Crippen LogP) is 1.60. The molecule has 0 aromatic carbocycles. The van der Waals surface area contributed by atoms with E-state index in [9.17, 15) is 13.2 Å². The van der Waals surface area contributed by atoms with Crippen molar-refractivity contribution < 1.29 is 12.8 Å². The van der Waals surface area contributed by atoms with Crippen molar-refractivity contribution in [2.24, 2.45) is 0 Å². The van der Waals surface area contributed by atoms with Gasteiger partial charge >= 0.3 is 5.63 Å². The van der Waals surface area contributed by atoms with Crippen molar-refractivity contribution in [3.63, 3.8) is 0 Å². The monoisotopic (exact) mass is 240 g/mol. The van der Waals surface area contributed by atoms with Crippen molar-refractivity contribution in [3.8, 4) is 0 Å². The van der Waals surface area contributed by atoms with E-state index in [-0.39, 0.29) is 4.91 Å². The molecule has 1 aromatic rings. The van der Waals surface area contributed by atoms with Crippen LogP contribution < -0.4 is 5.63 Å². The molecule has 0 atom stereocenters. The molecule has 1 rings (SSSR count). The van der Waals surface area contributed by atoms with Crippen molar-refractivity contribution in [1.29, 1.82) is 0 Å². The molecule has 0 aliphatic rings. The van der Waals surface area contributed by atoms with Gasteiger partial charge in [0.25, 0.3) is 0 Å². The molecule has 0 unspecified atom stereocenters. The minimum Gasteiger partial charge on any atom is -0.423 e. The Morgan fingerprint density at radius 3 is 2.62 bits per heavy atom. The third kappa shape index (κ3) is 3.86. The van der Waals surface area contributed by atoms with E-state index >= 15 is 0 Å². The highest BCUT2D eigenvalue weighted by Crippen LogP contribution is 2.04. The van der Waals surface area contributed by atoms with Gasteiger partial charge in [-0.1, -0.05) is 12.1 Å². The van der Waals surface area contributed by atoms with Crippen LogP contribution >= 0.6 is 0 Å². The van der Waals surface area contributed by atoms with Gasteiger partial charge in [-0.15, -0.1) is 0 Å². The Bertz CT molecular complexity index is 576. The van der Waals surface area contributed by atoms with Gasteiger partial charge in [-0.05, 0) is 25.1 Å². The largest absolute Gasteiger partial charge is 0.423 e. The molecule has 1 heterocycles. The van der Waals surface area contributed by atoms with Crippen LogP contribution in [-0.2, 0) is 9.84 Å². The number of allylic oxidation sites excluding steroid dienone is 3. The van der Waals surface area contributed by atoms with E-state index in [4.69, 9.17) is 4.42 Å². The normalized spacial score (nSPS) is 13.2. The Hall–Kier alpha value is -1.62. The molecule has 0 radical (unpaired) electrons. The highest BCUT2D eigenvalue weighted by atomic mass is 32.2. The molecule has 5 heteroatoms. The first kappa shape index (κ1) is 12.4. The maximum Gasteiger partial charge on any atom is 0.336 e. The summed E-state index contributed by atoms with van der Waals surface area (Å²) < 4.78 is 26.9. The number of rotatable bonds is 3. The molecule has 4 nitrogen and oxygen atoms in total. The molecular weight excluding hydrogens is 228 g/mol. The van der Waals surface area contributed by atoms with Gasteiger partial charge in [0.15, 0.2) is 9.84 Å². The van der Waals surface area contributed by atoms with E-state index in [1.54, 1.807) is 12.1 Å². The van der Waals surface area contributed by atoms with Crippen LogP contribution in [0.1, 0.15) is 12.7 Å². The van der Waals surface area contributed by atoms with Gasteiger partial charge in [0, 0.05) is 17.2 Å². The summed E-state index contributed by atoms with van der Waals surface area (Å²) in [6.07, 6.45) is 5.63. The Kier molecular flexibility index (Phi) is 3.84. The van der Waals surface area contributed by atoms with Crippen molar-refractivity contribution >= 4 is 15.9 Å². The van der Waals surface area contributed by atoms with Gasteiger partial charge in [-0.3, -0.25) is 0 Å². The quantitative estimate of drug-likeness (QED) is 0.753. The number of hydrogen-bond donors (Lipinski definition) is 0. The third-order valence-electron chi connectivity index (χ3n) is 1.89. The topological polar surface area (TPSA) is 64.3 Å². The van der Waals surface area contributed by atoms with Crippen LogP contribution in [-0.4, -0.2) is 14.7 Å². The molecule has 1 aromatic heterocycles. The van der Waals surface area contributed by atoms with Gasteiger partial charge in [0.2, 0.25) is 0 Å². The second kappa shape index (κ2) is 4.94. The summed E-state index contributed by atoms with van der Waals surface area (Å²) in [5.74, 6) is 0.380. The minimum absolute atomic E-state index is 0.252. The van der Waals surface area contributed by atoms with Crippen LogP contribution in [0.4, 0.5) is 0 Å². The van der Waals surface area contributed by atoms with Crippen molar-refractivity contribution in [2.45, 2.75) is 6.92 Å². The van der Waals surface area contributed by atoms with E-state index in [1.165, 1.54) is 31.2 Å². The zero-order valence-electron chi connectivity index (χ0n) is 9.01. The van der Waals surface area contributed by atoms with E-state index < -0.39 is 15.5 Å². The summed E-state index contributed by atoms with van der Waals surface area (Å²) in [6.45, 7) is 1.50. The van der Waals surface area contributed by atoms with Crippen LogP contribution in [0.15, 0.2) is 44.5 Å². The molecule has 86 valence electrons. The molecule has 0 aliphatic heterocycles. The fraction of sp³-hybridized carbons (Fsp3) is 0.182. The van der Waals surface area contributed by atoms with Crippen LogP contribution in [0.5, 0.6) is 0 Å². The summed E-state index contributed by atoms with van der Waals surface area (Å²) in [4.78, 5) is 11.1. The summed E-state index contributed by atoms with van der Waals surface area (Å²) in [7, 11) is -3.15. The Labute approximate surface area is 93.8 Å². The SMILES string of the molecule is C/C(=C\C=C/c1cccc(=O)o1)S(C)(=O)=O. The van der Waals surface area contributed by atoms with Gasteiger partial charge in [0.1, 0.15) is 5.76 Å². The molecule has 0 saturated carbocycles. The number of sulfone groups is 1. The summed E-state index contributed by atoms with van der Waals surface area (Å²) >= 11 is 0. The Morgan fingerprint density at radius 2 is 2.06 bits per heavy atom. The van der Waals surface area contributed by atoms with Crippen LogP contribution in [0.2, 0.25) is 0 Å². The average Bonchev–Trinajstić information content (AvgIpc) is 2.16. The van der Waals surface area contributed by atoms with E-state index in [0.29, 0.717) is 5.76 Å². The zero-order chi connectivity index (χ0) is 12.2. The number of hydrogen-bond acceptors (Lipinski definition) is 4. The molecule has 0 aliphatic carbocycles. The summed E-state index contributed by atoms with van der Waals surface area (Å²) in [5.41, 5.74) is -0.439. The second-order valence-electron chi connectivity index (χ2n) is 3.26. The molecular formula is C11H12O4S. The fourth-order valence-corrected chi connectivity index (χ4v) is 1.22. The van der Waals surface area contributed by atoms with Gasteiger partial charge < -0.3 is 4.42 Å². The lowest BCUT2D eigenvalue weighted by Crippen LogP contribution is -1.96. The lowest BCUT2D eigenvalue weighted by molar-refractivity contribution is 0.501. The van der Waals surface area contributed by atoms with Crippen molar-refractivity contribution in [2.75, 3.05) is 6.26 Å². The fourth-order valence-electron chi connectivity index (χ4n) is 0.897. The summed E-state index contributed by atoms with van der Waals surface area (Å²) in [5, 5.41) is 0. The molecule has 0 amide bonds. The molecule has 0 fully saturated rings. The van der Waals surface area contributed by atoms with Crippen LogP contribution in [0.25, 0.3) is 6.08 Å². The summed E-state index contributed by atoms with van der Waals surface area (Å²) in [6, 6.07) is 4.48. The minimum atomic E-state index is -3.15. The second-order valence-corrected chi connectivity index (χ2v) is 5.45.